The molecule has 1 aromatic carbocycles. The Labute approximate surface area is 140 Å². The van der Waals surface area contributed by atoms with Crippen LogP contribution in [-0.4, -0.2) is 65.3 Å². The lowest BCUT2D eigenvalue weighted by Gasteiger charge is -2.32. The van der Waals surface area contributed by atoms with Crippen LogP contribution in [0.1, 0.15) is 10.5 Å². The van der Waals surface area contributed by atoms with Crippen LogP contribution in [0.2, 0.25) is 0 Å². The predicted molar refractivity (Wildman–Crippen MR) is 90.1 cm³/mol. The van der Waals surface area contributed by atoms with Crippen molar-refractivity contribution in [3.8, 4) is 0 Å². The van der Waals surface area contributed by atoms with E-state index in [1.807, 2.05) is 42.3 Å². The van der Waals surface area contributed by atoms with Gasteiger partial charge < -0.3 is 14.7 Å². The van der Waals surface area contributed by atoms with Crippen LogP contribution in [-0.2, 0) is 4.79 Å². The quantitative estimate of drug-likeness (QED) is 0.789. The zero-order valence-corrected chi connectivity index (χ0v) is 13.5. The first kappa shape index (κ1) is 15.9. The van der Waals surface area contributed by atoms with Crippen molar-refractivity contribution in [2.75, 3.05) is 38.1 Å². The van der Waals surface area contributed by atoms with Gasteiger partial charge in [-0.3, -0.25) is 9.59 Å². The van der Waals surface area contributed by atoms with Crippen molar-refractivity contribution in [1.82, 2.24) is 19.8 Å². The number of benzene rings is 1. The van der Waals surface area contributed by atoms with Crippen LogP contribution in [0.3, 0.4) is 0 Å². The van der Waals surface area contributed by atoms with E-state index < -0.39 is 0 Å². The van der Waals surface area contributed by atoms with E-state index in [2.05, 4.69) is 9.97 Å². The molecule has 2 aromatic rings. The van der Waals surface area contributed by atoms with Crippen LogP contribution >= 0.6 is 0 Å². The highest BCUT2D eigenvalue weighted by Gasteiger charge is 2.23. The molecule has 7 heteroatoms. The summed E-state index contributed by atoms with van der Waals surface area (Å²) in [5.74, 6) is 0.525. The van der Waals surface area contributed by atoms with Gasteiger partial charge in [-0.15, -0.1) is 0 Å². The summed E-state index contributed by atoms with van der Waals surface area (Å²) in [6.07, 6.45) is 2.23. The van der Waals surface area contributed by atoms with E-state index in [0.29, 0.717) is 37.7 Å². The highest BCUT2D eigenvalue weighted by atomic mass is 16.2. The van der Waals surface area contributed by atoms with Gasteiger partial charge in [0.1, 0.15) is 17.8 Å². The highest BCUT2D eigenvalue weighted by molar-refractivity contribution is 5.93. The van der Waals surface area contributed by atoms with Gasteiger partial charge in [0.25, 0.3) is 5.91 Å². The molecule has 2 amide bonds. The lowest BCUT2D eigenvalue weighted by molar-refractivity contribution is -0.119. The van der Waals surface area contributed by atoms with Gasteiger partial charge in [-0.25, -0.2) is 9.97 Å². The molecule has 0 unspecified atom stereocenters. The monoisotopic (exact) mass is 325 g/mol. The molecule has 0 spiro atoms. The Bertz CT molecular complexity index is 714. The minimum absolute atomic E-state index is 0.134. The summed E-state index contributed by atoms with van der Waals surface area (Å²) in [5, 5.41) is 0. The summed E-state index contributed by atoms with van der Waals surface area (Å²) in [6.45, 7) is 2.14. The number of amides is 2. The molecule has 0 bridgehead atoms. The molecule has 0 aliphatic carbocycles. The highest BCUT2D eigenvalue weighted by Crippen LogP contribution is 2.21. The Kier molecular flexibility index (Phi) is 4.69. The molecule has 1 saturated heterocycles. The number of carbonyl (C=O) groups excluding carboxylic acids is 2. The third-order valence-corrected chi connectivity index (χ3v) is 4.11. The van der Waals surface area contributed by atoms with E-state index in [1.165, 1.54) is 6.33 Å². The van der Waals surface area contributed by atoms with E-state index >= 15 is 0 Å². The third-order valence-electron chi connectivity index (χ3n) is 4.11. The summed E-state index contributed by atoms with van der Waals surface area (Å²) >= 11 is 0. The van der Waals surface area contributed by atoms with Crippen molar-refractivity contribution in [3.63, 3.8) is 0 Å². The fourth-order valence-electron chi connectivity index (χ4n) is 2.62. The topological polar surface area (TPSA) is 69.6 Å². The van der Waals surface area contributed by atoms with Gasteiger partial charge in [-0.2, -0.15) is 0 Å². The number of rotatable bonds is 4. The first-order valence-corrected chi connectivity index (χ1v) is 7.78. The van der Waals surface area contributed by atoms with Gasteiger partial charge in [0.05, 0.1) is 0 Å². The fraction of sp³-hybridized carbons (Fsp3) is 0.294. The number of piperazine rings is 1. The summed E-state index contributed by atoms with van der Waals surface area (Å²) in [5.41, 5.74) is 1.34. The van der Waals surface area contributed by atoms with Crippen LogP contribution in [0.4, 0.5) is 11.5 Å². The number of hydrogen-bond donors (Lipinski definition) is 0. The van der Waals surface area contributed by atoms with E-state index in [9.17, 15) is 9.59 Å². The molecule has 1 aliphatic heterocycles. The maximum atomic E-state index is 12.6. The summed E-state index contributed by atoms with van der Waals surface area (Å²) in [6, 6.07) is 11.5. The molecule has 1 aliphatic rings. The molecular weight excluding hydrogens is 306 g/mol. The van der Waals surface area contributed by atoms with Gasteiger partial charge in [-0.05, 0) is 12.1 Å². The molecule has 0 atom stereocenters. The van der Waals surface area contributed by atoms with Crippen LogP contribution in [0.25, 0.3) is 0 Å². The van der Waals surface area contributed by atoms with E-state index in [0.717, 1.165) is 12.1 Å². The number of anilines is 2. The first-order valence-electron chi connectivity index (χ1n) is 7.78. The maximum absolute atomic E-state index is 12.6. The molecule has 0 radical (unpaired) electrons. The average Bonchev–Trinajstić information content (AvgIpc) is 2.67. The van der Waals surface area contributed by atoms with Crippen molar-refractivity contribution in [3.05, 3.63) is 48.4 Å². The Balaban J connectivity index is 1.75. The third kappa shape index (κ3) is 3.34. The Morgan fingerprint density at radius 2 is 1.83 bits per heavy atom. The number of aromatic nitrogens is 2. The minimum Gasteiger partial charge on any atom is -0.342 e. The van der Waals surface area contributed by atoms with Crippen LogP contribution in [0, 0.1) is 0 Å². The molecule has 124 valence electrons. The summed E-state index contributed by atoms with van der Waals surface area (Å²) in [7, 11) is 1.90. The normalized spacial score (nSPS) is 14.4. The molecule has 1 aromatic heterocycles. The predicted octanol–water partition coefficient (Wildman–Crippen LogP) is 1.16. The molecule has 0 saturated carbocycles. The summed E-state index contributed by atoms with van der Waals surface area (Å²) < 4.78 is 0. The zero-order valence-electron chi connectivity index (χ0n) is 13.5. The number of nitrogens with zero attached hydrogens (tertiary/aromatic N) is 5. The maximum Gasteiger partial charge on any atom is 0.272 e. The van der Waals surface area contributed by atoms with Crippen molar-refractivity contribution >= 4 is 23.8 Å². The van der Waals surface area contributed by atoms with Crippen LogP contribution in [0.15, 0.2) is 42.7 Å². The number of carbonyl (C=O) groups is 2. The molecule has 0 N–H and O–H groups in total. The molecule has 2 heterocycles. The van der Waals surface area contributed by atoms with E-state index in [4.69, 9.17) is 0 Å². The van der Waals surface area contributed by atoms with Gasteiger partial charge in [0, 0.05) is 45.0 Å². The zero-order chi connectivity index (χ0) is 16.9. The first-order chi connectivity index (χ1) is 11.7. The Hall–Kier alpha value is -2.96. The van der Waals surface area contributed by atoms with Crippen molar-refractivity contribution in [2.45, 2.75) is 0 Å². The van der Waals surface area contributed by atoms with Crippen molar-refractivity contribution in [1.29, 1.82) is 0 Å². The summed E-state index contributed by atoms with van der Waals surface area (Å²) in [4.78, 5) is 37.0. The van der Waals surface area contributed by atoms with Crippen LogP contribution < -0.4 is 4.90 Å². The van der Waals surface area contributed by atoms with Gasteiger partial charge >= 0.3 is 0 Å². The smallest absolute Gasteiger partial charge is 0.272 e. The van der Waals surface area contributed by atoms with Gasteiger partial charge in [0.15, 0.2) is 0 Å². The molecule has 24 heavy (non-hydrogen) atoms. The van der Waals surface area contributed by atoms with E-state index in [-0.39, 0.29) is 5.91 Å². The van der Waals surface area contributed by atoms with Gasteiger partial charge in [0.2, 0.25) is 6.41 Å². The van der Waals surface area contributed by atoms with E-state index in [1.54, 1.807) is 15.9 Å². The van der Waals surface area contributed by atoms with Gasteiger partial charge in [-0.1, -0.05) is 18.2 Å². The molecule has 1 fully saturated rings. The molecular formula is C17H19N5O2. The second-order valence-electron chi connectivity index (χ2n) is 5.59. The molecule has 7 nitrogen and oxygen atoms in total. The standard InChI is InChI=1S/C17H19N5O2/c1-20(14-5-3-2-4-6-14)16-11-15(18-12-19-16)17(24)22-9-7-21(13-23)8-10-22/h2-6,11-13H,7-10H2,1H3. The number of para-hydroxylation sites is 1. The largest absolute Gasteiger partial charge is 0.342 e. The second-order valence-corrected chi connectivity index (χ2v) is 5.59. The minimum atomic E-state index is -0.134. The Morgan fingerprint density at radius 3 is 2.50 bits per heavy atom. The molecule has 3 rings (SSSR count). The number of hydrogen-bond acceptors (Lipinski definition) is 5. The Morgan fingerprint density at radius 1 is 1.12 bits per heavy atom. The van der Waals surface area contributed by atoms with Crippen molar-refractivity contribution in [2.24, 2.45) is 0 Å². The van der Waals surface area contributed by atoms with Crippen molar-refractivity contribution < 1.29 is 9.59 Å². The average molecular weight is 325 g/mol. The SMILES string of the molecule is CN(c1ccccc1)c1cc(C(=O)N2CCN(C=O)CC2)ncn1. The second kappa shape index (κ2) is 7.08. The lowest BCUT2D eigenvalue weighted by Crippen LogP contribution is -2.48. The fourth-order valence-corrected chi connectivity index (χ4v) is 2.62. The lowest BCUT2D eigenvalue weighted by atomic mass is 10.2. The van der Waals surface area contributed by atoms with Crippen LogP contribution in [0.5, 0.6) is 0 Å².